The highest BCUT2D eigenvalue weighted by Crippen LogP contribution is 2.27. The van der Waals surface area contributed by atoms with E-state index in [1.54, 1.807) is 0 Å². The molecule has 0 atom stereocenters. The molecule has 2 aromatic carbocycles. The molecule has 0 aliphatic heterocycles. The lowest BCUT2D eigenvalue weighted by Crippen LogP contribution is -1.94. The van der Waals surface area contributed by atoms with Gasteiger partial charge in [0.2, 0.25) is 0 Å². The van der Waals surface area contributed by atoms with Gasteiger partial charge in [0.05, 0.1) is 12.1 Å². The SMILES string of the molecule is CCOc1cccc2c1[nH]c(=S)n2-c1ccc(Cl)cc1. The first kappa shape index (κ1) is 13.2. The Morgan fingerprint density at radius 1 is 1.20 bits per heavy atom. The molecule has 0 saturated heterocycles. The van der Waals surface area contributed by atoms with Crippen LogP contribution in [0.4, 0.5) is 0 Å². The molecule has 0 bridgehead atoms. The minimum absolute atomic E-state index is 0.617. The van der Waals surface area contributed by atoms with Crippen LogP contribution in [0.2, 0.25) is 5.02 Å². The van der Waals surface area contributed by atoms with E-state index in [-0.39, 0.29) is 0 Å². The summed E-state index contributed by atoms with van der Waals surface area (Å²) in [5, 5.41) is 0.704. The van der Waals surface area contributed by atoms with Crippen LogP contribution in [0.1, 0.15) is 6.92 Å². The van der Waals surface area contributed by atoms with Crippen LogP contribution >= 0.6 is 23.8 Å². The van der Waals surface area contributed by atoms with Crippen LogP contribution in [-0.2, 0) is 0 Å². The predicted molar refractivity (Wildman–Crippen MR) is 84.6 cm³/mol. The Morgan fingerprint density at radius 3 is 2.65 bits per heavy atom. The van der Waals surface area contributed by atoms with E-state index in [4.69, 9.17) is 28.6 Å². The molecule has 0 amide bonds. The Balaban J connectivity index is 2.26. The van der Waals surface area contributed by atoms with Crippen molar-refractivity contribution in [1.29, 1.82) is 0 Å². The van der Waals surface area contributed by atoms with E-state index in [1.807, 2.05) is 54.0 Å². The molecule has 3 aromatic rings. The first-order valence-corrected chi connectivity index (χ1v) is 7.12. The molecule has 0 spiro atoms. The Hall–Kier alpha value is -1.78. The number of para-hydroxylation sites is 1. The van der Waals surface area contributed by atoms with Gasteiger partial charge in [0.1, 0.15) is 11.3 Å². The maximum Gasteiger partial charge on any atom is 0.182 e. The summed E-state index contributed by atoms with van der Waals surface area (Å²) in [5.74, 6) is 0.809. The topological polar surface area (TPSA) is 29.9 Å². The van der Waals surface area contributed by atoms with Crippen LogP contribution in [0.5, 0.6) is 5.75 Å². The Kier molecular flexibility index (Phi) is 3.51. The molecule has 0 radical (unpaired) electrons. The number of aromatic nitrogens is 2. The minimum atomic E-state index is 0.617. The number of H-pyrrole nitrogens is 1. The number of hydrogen-bond donors (Lipinski definition) is 1. The number of hydrogen-bond acceptors (Lipinski definition) is 2. The minimum Gasteiger partial charge on any atom is -0.492 e. The molecule has 5 heteroatoms. The van der Waals surface area contributed by atoms with Gasteiger partial charge >= 0.3 is 0 Å². The van der Waals surface area contributed by atoms with E-state index in [0.29, 0.717) is 16.4 Å². The molecule has 1 aromatic heterocycles. The lowest BCUT2D eigenvalue weighted by atomic mass is 10.2. The largest absolute Gasteiger partial charge is 0.492 e. The zero-order valence-electron chi connectivity index (χ0n) is 10.9. The van der Waals surface area contributed by atoms with E-state index in [0.717, 1.165) is 22.5 Å². The van der Waals surface area contributed by atoms with Crippen molar-refractivity contribution in [2.75, 3.05) is 6.61 Å². The summed E-state index contributed by atoms with van der Waals surface area (Å²) < 4.78 is 8.24. The molecule has 3 rings (SSSR count). The summed E-state index contributed by atoms with van der Waals surface area (Å²) in [5.41, 5.74) is 2.87. The number of nitrogens with zero attached hydrogens (tertiary/aromatic N) is 1. The molecular weight excluding hydrogens is 292 g/mol. The average Bonchev–Trinajstić information content (AvgIpc) is 2.78. The number of halogens is 1. The van der Waals surface area contributed by atoms with E-state index >= 15 is 0 Å². The Labute approximate surface area is 126 Å². The third-order valence-electron chi connectivity index (χ3n) is 3.06. The monoisotopic (exact) mass is 304 g/mol. The van der Waals surface area contributed by atoms with Crippen molar-refractivity contribution in [3.8, 4) is 11.4 Å². The normalized spacial score (nSPS) is 10.9. The average molecular weight is 305 g/mol. The smallest absolute Gasteiger partial charge is 0.182 e. The van der Waals surface area contributed by atoms with Crippen molar-refractivity contribution in [1.82, 2.24) is 9.55 Å². The number of benzene rings is 2. The second kappa shape index (κ2) is 5.31. The van der Waals surface area contributed by atoms with Crippen LogP contribution in [-0.4, -0.2) is 16.2 Å². The van der Waals surface area contributed by atoms with Crippen LogP contribution in [0, 0.1) is 4.77 Å². The molecule has 20 heavy (non-hydrogen) atoms. The highest BCUT2D eigenvalue weighted by Gasteiger charge is 2.10. The Morgan fingerprint density at radius 2 is 1.95 bits per heavy atom. The number of rotatable bonds is 3. The fourth-order valence-corrected chi connectivity index (χ4v) is 2.66. The second-order valence-electron chi connectivity index (χ2n) is 4.33. The highest BCUT2D eigenvalue weighted by molar-refractivity contribution is 7.71. The van der Waals surface area contributed by atoms with Crippen molar-refractivity contribution < 1.29 is 4.74 Å². The summed E-state index contributed by atoms with van der Waals surface area (Å²) in [7, 11) is 0. The third-order valence-corrected chi connectivity index (χ3v) is 3.60. The summed E-state index contributed by atoms with van der Waals surface area (Å²) in [6.45, 7) is 2.58. The van der Waals surface area contributed by atoms with Crippen molar-refractivity contribution in [2.45, 2.75) is 6.92 Å². The van der Waals surface area contributed by atoms with Gasteiger partial charge in [-0.25, -0.2) is 0 Å². The van der Waals surface area contributed by atoms with E-state index in [1.165, 1.54) is 0 Å². The lowest BCUT2D eigenvalue weighted by Gasteiger charge is -2.06. The third kappa shape index (κ3) is 2.21. The van der Waals surface area contributed by atoms with Gasteiger partial charge in [-0.1, -0.05) is 17.7 Å². The van der Waals surface area contributed by atoms with Gasteiger partial charge in [0.25, 0.3) is 0 Å². The zero-order chi connectivity index (χ0) is 14.1. The standard InChI is InChI=1S/C15H13ClN2OS/c1-2-19-13-5-3-4-12-14(13)17-15(20)18(12)11-8-6-10(16)7-9-11/h3-9H,2H2,1H3,(H,17,20). The molecule has 0 aliphatic carbocycles. The predicted octanol–water partition coefficient (Wildman–Crippen LogP) is 4.74. The Bertz CT molecular complexity index is 805. The fourth-order valence-electron chi connectivity index (χ4n) is 2.23. The molecule has 102 valence electrons. The first-order valence-electron chi connectivity index (χ1n) is 6.33. The van der Waals surface area contributed by atoms with Crippen LogP contribution < -0.4 is 4.74 Å². The number of aromatic amines is 1. The van der Waals surface area contributed by atoms with Gasteiger partial charge in [-0.15, -0.1) is 0 Å². The van der Waals surface area contributed by atoms with Gasteiger partial charge < -0.3 is 9.72 Å². The zero-order valence-corrected chi connectivity index (χ0v) is 12.5. The summed E-state index contributed by atoms with van der Waals surface area (Å²) >= 11 is 11.4. The molecule has 0 saturated carbocycles. The van der Waals surface area contributed by atoms with Gasteiger partial charge in [-0.2, -0.15) is 0 Å². The van der Waals surface area contributed by atoms with E-state index in [9.17, 15) is 0 Å². The molecule has 1 N–H and O–H groups in total. The van der Waals surface area contributed by atoms with Crippen LogP contribution in [0.15, 0.2) is 42.5 Å². The number of nitrogens with one attached hydrogen (secondary N) is 1. The highest BCUT2D eigenvalue weighted by atomic mass is 35.5. The molecule has 0 unspecified atom stereocenters. The van der Waals surface area contributed by atoms with E-state index in [2.05, 4.69) is 4.98 Å². The molecule has 1 heterocycles. The summed E-state index contributed by atoms with van der Waals surface area (Å²) in [4.78, 5) is 3.21. The first-order chi connectivity index (χ1) is 9.70. The van der Waals surface area contributed by atoms with Gasteiger partial charge in [0, 0.05) is 10.7 Å². The molecule has 0 aliphatic rings. The van der Waals surface area contributed by atoms with E-state index < -0.39 is 0 Å². The van der Waals surface area contributed by atoms with Crippen molar-refractivity contribution in [2.24, 2.45) is 0 Å². The van der Waals surface area contributed by atoms with Crippen LogP contribution in [0.25, 0.3) is 16.7 Å². The maximum atomic E-state index is 5.93. The van der Waals surface area contributed by atoms with Crippen molar-refractivity contribution >= 4 is 34.9 Å². The molecule has 3 nitrogen and oxygen atoms in total. The summed E-state index contributed by atoms with van der Waals surface area (Å²) in [6.07, 6.45) is 0. The number of fused-ring (bicyclic) bond motifs is 1. The summed E-state index contributed by atoms with van der Waals surface area (Å²) in [6, 6.07) is 13.5. The van der Waals surface area contributed by atoms with Gasteiger partial charge in [0.15, 0.2) is 4.77 Å². The fraction of sp³-hybridized carbons (Fsp3) is 0.133. The van der Waals surface area contributed by atoms with Crippen molar-refractivity contribution in [3.63, 3.8) is 0 Å². The molecule has 0 fully saturated rings. The van der Waals surface area contributed by atoms with Crippen molar-refractivity contribution in [3.05, 3.63) is 52.3 Å². The maximum absolute atomic E-state index is 5.93. The number of imidazole rings is 1. The lowest BCUT2D eigenvalue weighted by molar-refractivity contribution is 0.343. The quantitative estimate of drug-likeness (QED) is 0.708. The van der Waals surface area contributed by atoms with Gasteiger partial charge in [-0.3, -0.25) is 4.57 Å². The van der Waals surface area contributed by atoms with Gasteiger partial charge in [-0.05, 0) is 55.5 Å². The van der Waals surface area contributed by atoms with Crippen LogP contribution in [0.3, 0.4) is 0 Å². The molecular formula is C15H13ClN2OS. The second-order valence-corrected chi connectivity index (χ2v) is 5.15. The number of ether oxygens (including phenoxy) is 1.